The van der Waals surface area contributed by atoms with Gasteiger partial charge in [-0.2, -0.15) is 10.2 Å². The summed E-state index contributed by atoms with van der Waals surface area (Å²) < 4.78 is 1.76. The molecule has 0 bridgehead atoms. The van der Waals surface area contributed by atoms with E-state index in [2.05, 4.69) is 30.2 Å². The van der Waals surface area contributed by atoms with Crippen LogP contribution in [0.25, 0.3) is 22.3 Å². The third-order valence-electron chi connectivity index (χ3n) is 4.23. The minimum Gasteiger partial charge on any atom is -0.335 e. The normalized spacial score (nSPS) is 14.3. The highest BCUT2D eigenvalue weighted by Gasteiger charge is 2.22. The van der Waals surface area contributed by atoms with Crippen LogP contribution in [0.3, 0.4) is 0 Å². The van der Waals surface area contributed by atoms with Crippen molar-refractivity contribution in [3.8, 4) is 11.3 Å². The van der Waals surface area contributed by atoms with Crippen molar-refractivity contribution < 1.29 is 0 Å². The number of hydrogen-bond donors (Lipinski definition) is 1. The molecule has 0 fully saturated rings. The molecule has 0 saturated heterocycles. The Labute approximate surface area is 141 Å². The molecule has 0 aromatic carbocycles. The molecule has 0 unspecified atom stereocenters. The van der Waals surface area contributed by atoms with Gasteiger partial charge in [-0.15, -0.1) is 11.3 Å². The van der Waals surface area contributed by atoms with Crippen molar-refractivity contribution in [3.63, 3.8) is 0 Å². The van der Waals surface area contributed by atoms with Crippen molar-refractivity contribution in [1.29, 1.82) is 0 Å². The average molecular weight is 338 g/mol. The molecule has 120 valence electrons. The van der Waals surface area contributed by atoms with Gasteiger partial charge in [-0.25, -0.2) is 15.0 Å². The predicted molar refractivity (Wildman–Crippen MR) is 90.8 cm³/mol. The lowest BCUT2D eigenvalue weighted by molar-refractivity contribution is 0.708. The van der Waals surface area contributed by atoms with Crippen LogP contribution in [0, 0.1) is 0 Å². The van der Waals surface area contributed by atoms with E-state index in [4.69, 9.17) is 4.98 Å². The number of aromatic nitrogens is 7. The Hall–Kier alpha value is -2.81. The Bertz CT molecular complexity index is 1030. The van der Waals surface area contributed by atoms with Crippen LogP contribution in [0.2, 0.25) is 0 Å². The number of fused-ring (bicyclic) bond motifs is 2. The van der Waals surface area contributed by atoms with E-state index in [0.717, 1.165) is 47.7 Å². The standard InChI is InChI=1S/C15H14N8S/c1-22-6-9(4-18-22)13-14-11(20-21-13)5-16-15(19-14)23-3-2-10-12(7-23)24-8-17-10/h4-6,8H,2-3,7H2,1H3,(H,20,21). The first kappa shape index (κ1) is 13.6. The van der Waals surface area contributed by atoms with Crippen molar-refractivity contribution >= 4 is 28.3 Å². The van der Waals surface area contributed by atoms with Gasteiger partial charge in [0.2, 0.25) is 5.95 Å². The molecule has 5 rings (SSSR count). The number of rotatable bonds is 2. The summed E-state index contributed by atoms with van der Waals surface area (Å²) in [6.07, 6.45) is 6.46. The zero-order valence-electron chi connectivity index (χ0n) is 13.0. The van der Waals surface area contributed by atoms with E-state index in [0.29, 0.717) is 0 Å². The van der Waals surface area contributed by atoms with Crippen molar-refractivity contribution in [2.75, 3.05) is 11.4 Å². The number of nitrogens with one attached hydrogen (secondary N) is 1. The van der Waals surface area contributed by atoms with Gasteiger partial charge in [-0.1, -0.05) is 0 Å². The summed E-state index contributed by atoms with van der Waals surface area (Å²) in [5, 5.41) is 11.6. The summed E-state index contributed by atoms with van der Waals surface area (Å²) in [4.78, 5) is 17.2. The molecule has 4 aromatic heterocycles. The smallest absolute Gasteiger partial charge is 0.226 e. The molecule has 0 spiro atoms. The fraction of sp³-hybridized carbons (Fsp3) is 0.267. The number of aryl methyl sites for hydroxylation is 1. The lowest BCUT2D eigenvalue weighted by atomic mass is 10.2. The van der Waals surface area contributed by atoms with Crippen molar-refractivity contribution in [2.24, 2.45) is 7.05 Å². The van der Waals surface area contributed by atoms with E-state index >= 15 is 0 Å². The molecule has 9 heteroatoms. The van der Waals surface area contributed by atoms with Crippen LogP contribution in [0.15, 0.2) is 24.1 Å². The van der Waals surface area contributed by atoms with Gasteiger partial charge in [-0.3, -0.25) is 9.78 Å². The first-order valence-corrected chi connectivity index (χ1v) is 8.52. The summed E-state index contributed by atoms with van der Waals surface area (Å²) in [7, 11) is 1.89. The van der Waals surface area contributed by atoms with E-state index in [1.54, 1.807) is 28.4 Å². The number of aromatic amines is 1. The Balaban J connectivity index is 1.56. The maximum absolute atomic E-state index is 4.77. The van der Waals surface area contributed by atoms with Gasteiger partial charge in [0.25, 0.3) is 0 Å². The molecule has 24 heavy (non-hydrogen) atoms. The second kappa shape index (κ2) is 5.10. The van der Waals surface area contributed by atoms with Crippen molar-refractivity contribution in [3.05, 3.63) is 34.7 Å². The summed E-state index contributed by atoms with van der Waals surface area (Å²) >= 11 is 1.69. The van der Waals surface area contributed by atoms with Gasteiger partial charge in [0.15, 0.2) is 0 Å². The van der Waals surface area contributed by atoms with E-state index in [1.165, 1.54) is 10.6 Å². The fourth-order valence-corrected chi connectivity index (χ4v) is 3.82. The number of nitrogens with zero attached hydrogens (tertiary/aromatic N) is 7. The molecule has 4 aromatic rings. The topological polar surface area (TPSA) is 88.4 Å². The van der Waals surface area contributed by atoms with Crippen LogP contribution >= 0.6 is 11.3 Å². The summed E-state index contributed by atoms with van der Waals surface area (Å²) in [5.74, 6) is 0.730. The van der Waals surface area contributed by atoms with E-state index in [1.807, 2.05) is 18.8 Å². The number of H-pyrrole nitrogens is 1. The fourth-order valence-electron chi connectivity index (χ4n) is 2.99. The monoisotopic (exact) mass is 338 g/mol. The number of anilines is 1. The van der Waals surface area contributed by atoms with Crippen molar-refractivity contribution in [2.45, 2.75) is 13.0 Å². The molecule has 1 aliphatic rings. The zero-order chi connectivity index (χ0) is 16.1. The average Bonchev–Trinajstić information content (AvgIpc) is 3.32. The van der Waals surface area contributed by atoms with Crippen LogP contribution in [-0.4, -0.2) is 41.5 Å². The molecule has 5 heterocycles. The lowest BCUT2D eigenvalue weighted by Gasteiger charge is -2.25. The lowest BCUT2D eigenvalue weighted by Crippen LogP contribution is -2.31. The van der Waals surface area contributed by atoms with Gasteiger partial charge in [0, 0.05) is 36.7 Å². The van der Waals surface area contributed by atoms with Crippen molar-refractivity contribution in [1.82, 2.24) is 34.9 Å². The molecule has 0 amide bonds. The van der Waals surface area contributed by atoms with E-state index in [-0.39, 0.29) is 0 Å². The second-order valence-electron chi connectivity index (χ2n) is 5.80. The summed E-state index contributed by atoms with van der Waals surface area (Å²) in [6, 6.07) is 0. The maximum atomic E-state index is 4.77. The van der Waals surface area contributed by atoms with Crippen LogP contribution in [-0.2, 0) is 20.0 Å². The third kappa shape index (κ3) is 2.08. The van der Waals surface area contributed by atoms with E-state index < -0.39 is 0 Å². The summed E-state index contributed by atoms with van der Waals surface area (Å²) in [5.41, 5.74) is 6.51. The molecule has 0 saturated carbocycles. The second-order valence-corrected chi connectivity index (χ2v) is 6.74. The van der Waals surface area contributed by atoms with Gasteiger partial charge in [0.1, 0.15) is 16.7 Å². The number of hydrogen-bond acceptors (Lipinski definition) is 7. The minimum absolute atomic E-state index is 0.730. The molecular weight excluding hydrogens is 324 g/mol. The highest BCUT2D eigenvalue weighted by Crippen LogP contribution is 2.28. The first-order chi connectivity index (χ1) is 11.8. The van der Waals surface area contributed by atoms with Crippen LogP contribution < -0.4 is 4.90 Å². The molecule has 1 N–H and O–H groups in total. The van der Waals surface area contributed by atoms with Crippen LogP contribution in [0.4, 0.5) is 5.95 Å². The predicted octanol–water partition coefficient (Wildman–Crippen LogP) is 1.77. The Morgan fingerprint density at radius 2 is 2.21 bits per heavy atom. The molecule has 0 atom stereocenters. The molecule has 0 radical (unpaired) electrons. The van der Waals surface area contributed by atoms with Gasteiger partial charge >= 0.3 is 0 Å². The van der Waals surface area contributed by atoms with Crippen LogP contribution in [0.5, 0.6) is 0 Å². The SMILES string of the molecule is Cn1cc(-c2n[nH]c3cnc(N4CCc5ncsc5C4)nc23)cn1. The van der Waals surface area contributed by atoms with Gasteiger partial charge < -0.3 is 4.90 Å². The molecular formula is C15H14N8S. The highest BCUT2D eigenvalue weighted by molar-refractivity contribution is 7.09. The van der Waals surface area contributed by atoms with Gasteiger partial charge in [0.05, 0.1) is 30.1 Å². The zero-order valence-corrected chi connectivity index (χ0v) is 13.8. The quantitative estimate of drug-likeness (QED) is 0.599. The molecule has 1 aliphatic heterocycles. The Morgan fingerprint density at radius 1 is 1.25 bits per heavy atom. The van der Waals surface area contributed by atoms with E-state index in [9.17, 15) is 0 Å². The largest absolute Gasteiger partial charge is 0.335 e. The summed E-state index contributed by atoms with van der Waals surface area (Å²) in [6.45, 7) is 1.69. The molecule has 8 nitrogen and oxygen atoms in total. The number of thiazole rings is 1. The molecule has 0 aliphatic carbocycles. The maximum Gasteiger partial charge on any atom is 0.226 e. The minimum atomic E-state index is 0.730. The Kier molecular flexibility index (Phi) is 2.89. The highest BCUT2D eigenvalue weighted by atomic mass is 32.1. The third-order valence-corrected chi connectivity index (χ3v) is 5.09. The van der Waals surface area contributed by atoms with Gasteiger partial charge in [-0.05, 0) is 0 Å². The van der Waals surface area contributed by atoms with Crippen LogP contribution in [0.1, 0.15) is 10.6 Å². The first-order valence-electron chi connectivity index (χ1n) is 7.64. The Morgan fingerprint density at radius 3 is 3.08 bits per heavy atom.